The Morgan fingerprint density at radius 2 is 2.17 bits per heavy atom. The molecule has 0 aromatic heterocycles. The molecular weight excluding hydrogens is 193 g/mol. The predicted molar refractivity (Wildman–Crippen MR) is 41.3 cm³/mol. The Hall–Kier alpha value is 0.830. The Morgan fingerprint density at radius 1 is 1.67 bits per heavy atom. The topological polar surface area (TPSA) is 89.6 Å². The van der Waals surface area contributed by atoms with Gasteiger partial charge in [-0.1, -0.05) is 0 Å². The van der Waals surface area contributed by atoms with Crippen LogP contribution in [0.15, 0.2) is 0 Å². The summed E-state index contributed by atoms with van der Waals surface area (Å²) >= 11 is 0. The van der Waals surface area contributed by atoms with E-state index in [1.54, 1.807) is 6.92 Å². The van der Waals surface area contributed by atoms with Gasteiger partial charge in [-0.05, 0) is 13.3 Å². The molecule has 0 aliphatic carbocycles. The van der Waals surface area contributed by atoms with Crippen molar-refractivity contribution < 1.29 is 48.7 Å². The van der Waals surface area contributed by atoms with Crippen molar-refractivity contribution in [1.29, 1.82) is 0 Å². The van der Waals surface area contributed by atoms with Crippen LogP contribution in [0.25, 0.3) is 0 Å². The number of nitrogens with two attached hydrogens (primary N) is 1. The molecule has 0 rings (SSSR count). The molecule has 7 heteroatoms. The first-order chi connectivity index (χ1) is 4.98. The summed E-state index contributed by atoms with van der Waals surface area (Å²) in [6, 6.07) is -0.174. The third-order valence-electron chi connectivity index (χ3n) is 1.06. The summed E-state index contributed by atoms with van der Waals surface area (Å²) in [5.74, 6) is -0.148. The van der Waals surface area contributed by atoms with Crippen molar-refractivity contribution in [2.45, 2.75) is 19.4 Å². The molecule has 0 amide bonds. The zero-order valence-corrected chi connectivity index (χ0v) is 10.2. The van der Waals surface area contributed by atoms with E-state index in [4.69, 9.17) is 10.8 Å². The quantitative estimate of drug-likeness (QED) is 0.273. The van der Waals surface area contributed by atoms with Crippen LogP contribution in [0.5, 0.6) is 0 Å². The maximum atomic E-state index is 10.7. The number of rotatable bonds is 5. The van der Waals surface area contributed by atoms with Gasteiger partial charge in [-0.25, -0.2) is 4.18 Å². The van der Waals surface area contributed by atoms with Gasteiger partial charge >= 0.3 is 29.6 Å². The molecule has 0 aromatic carbocycles. The first-order valence-corrected chi connectivity index (χ1v) is 4.79. The molecule has 0 saturated heterocycles. The number of hydrogen-bond donors (Lipinski definition) is 2. The van der Waals surface area contributed by atoms with Gasteiger partial charge in [0.25, 0.3) is 10.1 Å². The molecule has 1 unspecified atom stereocenters. The summed E-state index contributed by atoms with van der Waals surface area (Å²) in [6.07, 6.45) is 0.336. The molecule has 1 atom stereocenters. The second-order valence-corrected chi connectivity index (χ2v) is 4.03. The molecule has 0 aliphatic rings. The fraction of sp³-hybridized carbons (Fsp3) is 1.00. The van der Waals surface area contributed by atoms with E-state index in [9.17, 15) is 8.42 Å². The molecule has 12 heavy (non-hydrogen) atoms. The Balaban J connectivity index is -0.000000500. The van der Waals surface area contributed by atoms with E-state index >= 15 is 0 Å². The van der Waals surface area contributed by atoms with Crippen LogP contribution in [-0.4, -0.2) is 32.1 Å². The van der Waals surface area contributed by atoms with Crippen LogP contribution < -0.4 is 35.3 Å². The summed E-state index contributed by atoms with van der Waals surface area (Å²) in [6.45, 7) is 0.899. The van der Waals surface area contributed by atoms with Gasteiger partial charge in [-0.2, -0.15) is 8.42 Å². The summed E-state index contributed by atoms with van der Waals surface area (Å²) in [5, 5.41) is 8.13. The first-order valence-electron chi connectivity index (χ1n) is 3.21. The monoisotopic (exact) mass is 207 g/mol. The third-order valence-corrected chi connectivity index (χ3v) is 2.26. The first kappa shape index (κ1) is 15.3. The van der Waals surface area contributed by atoms with Crippen LogP contribution in [-0.2, 0) is 14.3 Å². The van der Waals surface area contributed by atoms with Crippen molar-refractivity contribution in [2.24, 2.45) is 5.73 Å². The second-order valence-electron chi connectivity index (χ2n) is 2.27. The molecule has 0 fully saturated rings. The summed E-state index contributed by atoms with van der Waals surface area (Å²) in [7, 11) is -3.56. The van der Waals surface area contributed by atoms with Gasteiger partial charge in [0.05, 0.1) is 5.75 Å². The molecule has 0 heterocycles. The molecule has 5 nitrogen and oxygen atoms in total. The predicted octanol–water partition coefficient (Wildman–Crippen LogP) is -3.86. The van der Waals surface area contributed by atoms with E-state index in [1.807, 2.05) is 0 Å². The van der Waals surface area contributed by atoms with E-state index in [2.05, 4.69) is 4.18 Å². The second kappa shape index (κ2) is 7.25. The van der Waals surface area contributed by atoms with Crippen molar-refractivity contribution in [1.82, 2.24) is 0 Å². The minimum atomic E-state index is -3.56. The molecule has 0 saturated carbocycles. The fourth-order valence-corrected chi connectivity index (χ4v) is 1.41. The maximum absolute atomic E-state index is 10.7. The SMILES string of the molecule is CC(N)CCS(=O)(=O)OCO.[H-].[Na+]. The van der Waals surface area contributed by atoms with Gasteiger partial charge in [0.15, 0.2) is 6.79 Å². The normalized spacial score (nSPS) is 13.6. The standard InChI is InChI=1S/C5H13NO4S.Na.H/c1-5(6)2-3-11(8,9)10-4-7;;/h5,7H,2-4,6H2,1H3;;/q;+1;-1. The van der Waals surface area contributed by atoms with Crippen LogP contribution in [0.3, 0.4) is 0 Å². The van der Waals surface area contributed by atoms with Crippen molar-refractivity contribution in [2.75, 3.05) is 12.5 Å². The van der Waals surface area contributed by atoms with Gasteiger partial charge in [0, 0.05) is 6.04 Å². The minimum Gasteiger partial charge on any atom is -1.00 e. The van der Waals surface area contributed by atoms with Crippen LogP contribution in [0.1, 0.15) is 14.8 Å². The van der Waals surface area contributed by atoms with Crippen LogP contribution in [0, 0.1) is 0 Å². The Bertz CT molecular complexity index is 197. The average Bonchev–Trinajstić information content (AvgIpc) is 1.84. The fourth-order valence-electron chi connectivity index (χ4n) is 0.469. The molecule has 3 N–H and O–H groups in total. The molecule has 0 radical (unpaired) electrons. The minimum absolute atomic E-state index is 0. The van der Waals surface area contributed by atoms with Crippen LogP contribution >= 0.6 is 0 Å². The van der Waals surface area contributed by atoms with Crippen LogP contribution in [0.2, 0.25) is 0 Å². The van der Waals surface area contributed by atoms with Gasteiger partial charge in [0.1, 0.15) is 0 Å². The summed E-state index contributed by atoms with van der Waals surface area (Å²) in [4.78, 5) is 0. The summed E-state index contributed by atoms with van der Waals surface area (Å²) in [5.41, 5.74) is 5.31. The van der Waals surface area contributed by atoms with Crippen molar-refractivity contribution in [3.05, 3.63) is 0 Å². The zero-order valence-electron chi connectivity index (χ0n) is 8.36. The molecule has 0 aliphatic heterocycles. The molecule has 0 aromatic rings. The van der Waals surface area contributed by atoms with Gasteiger partial charge < -0.3 is 12.3 Å². The average molecular weight is 207 g/mol. The molecule has 0 bridgehead atoms. The van der Waals surface area contributed by atoms with E-state index in [0.29, 0.717) is 6.42 Å². The molecule has 70 valence electrons. The van der Waals surface area contributed by atoms with Crippen molar-refractivity contribution in [3.63, 3.8) is 0 Å². The number of hydrogen-bond acceptors (Lipinski definition) is 5. The van der Waals surface area contributed by atoms with Gasteiger partial charge in [-0.3, -0.25) is 0 Å². The Kier molecular flexibility index (Phi) is 9.25. The third kappa shape index (κ3) is 8.92. The van der Waals surface area contributed by atoms with E-state index in [-0.39, 0.29) is 42.8 Å². The molecular formula is C5H14NNaO4S. The zero-order chi connectivity index (χ0) is 8.91. The van der Waals surface area contributed by atoms with Crippen molar-refractivity contribution >= 4 is 10.1 Å². The smallest absolute Gasteiger partial charge is 1.00 e. The van der Waals surface area contributed by atoms with E-state index in [1.165, 1.54) is 0 Å². The van der Waals surface area contributed by atoms with Crippen LogP contribution in [0.4, 0.5) is 0 Å². The summed E-state index contributed by atoms with van der Waals surface area (Å²) < 4.78 is 25.4. The maximum Gasteiger partial charge on any atom is 1.00 e. The van der Waals surface area contributed by atoms with Crippen molar-refractivity contribution in [3.8, 4) is 0 Å². The number of aliphatic hydroxyl groups excluding tert-OH is 1. The van der Waals surface area contributed by atoms with E-state index in [0.717, 1.165) is 0 Å². The van der Waals surface area contributed by atoms with Gasteiger partial charge in [0.2, 0.25) is 0 Å². The largest absolute Gasteiger partial charge is 1.00 e. The van der Waals surface area contributed by atoms with Gasteiger partial charge in [-0.15, -0.1) is 0 Å². The van der Waals surface area contributed by atoms with E-state index < -0.39 is 16.9 Å². The Labute approximate surface area is 96.2 Å². The Morgan fingerprint density at radius 3 is 2.50 bits per heavy atom. The number of aliphatic hydroxyl groups is 1. The molecule has 0 spiro atoms.